The molecule has 4 N–H and O–H groups in total. The zero-order chi connectivity index (χ0) is 11.6. The highest BCUT2D eigenvalue weighted by Crippen LogP contribution is 2.13. The Morgan fingerprint density at radius 1 is 1.43 bits per heavy atom. The Bertz CT molecular complexity index is 227. The fourth-order valence-corrected chi connectivity index (χ4v) is 0.495. The van der Waals surface area contributed by atoms with E-state index in [2.05, 4.69) is 5.32 Å². The predicted molar refractivity (Wildman–Crippen MR) is 43.9 cm³/mol. The summed E-state index contributed by atoms with van der Waals surface area (Å²) in [7, 11) is 0. The number of carbonyl (C=O) groups excluding carboxylic acids is 1. The van der Waals surface area contributed by atoms with Crippen molar-refractivity contribution < 1.29 is 23.5 Å². The maximum Gasteiger partial charge on any atom is 0.375 e. The smallest absolute Gasteiger partial charge is 0.375 e. The second-order valence-electron chi connectivity index (χ2n) is 3.35. The summed E-state index contributed by atoms with van der Waals surface area (Å²) in [4.78, 5) is 20.7. The van der Waals surface area contributed by atoms with E-state index in [1.54, 1.807) is 0 Å². The Morgan fingerprint density at radius 3 is 2.14 bits per heavy atom. The lowest BCUT2D eigenvalue weighted by Gasteiger charge is -2.24. The lowest BCUT2D eigenvalue weighted by atomic mass is 10.0. The van der Waals surface area contributed by atoms with E-state index in [4.69, 9.17) is 10.8 Å². The molecule has 0 aliphatic heterocycles. The minimum absolute atomic E-state index is 0.835. The van der Waals surface area contributed by atoms with Gasteiger partial charge in [0.1, 0.15) is 0 Å². The van der Waals surface area contributed by atoms with Gasteiger partial charge in [0.05, 0.1) is 12.1 Å². The minimum Gasteiger partial charge on any atom is -0.477 e. The van der Waals surface area contributed by atoms with Gasteiger partial charge in [-0.15, -0.1) is 0 Å². The number of primary amides is 1. The molecule has 0 aliphatic carbocycles. The summed E-state index contributed by atoms with van der Waals surface area (Å²) in [5, 5.41) is 10.1. The summed E-state index contributed by atoms with van der Waals surface area (Å²) >= 11 is 0. The largest absolute Gasteiger partial charge is 0.477 e. The van der Waals surface area contributed by atoms with Gasteiger partial charge in [-0.2, -0.15) is 8.78 Å². The summed E-state index contributed by atoms with van der Waals surface area (Å²) in [5.41, 5.74) is 3.52. The van der Waals surface area contributed by atoms with E-state index in [0.29, 0.717) is 0 Å². The third kappa shape index (κ3) is 3.25. The van der Waals surface area contributed by atoms with Crippen molar-refractivity contribution >= 4 is 11.9 Å². The van der Waals surface area contributed by atoms with Gasteiger partial charge in [0.25, 0.3) is 0 Å². The van der Waals surface area contributed by atoms with E-state index in [1.807, 2.05) is 0 Å². The number of halogens is 2. The summed E-state index contributed by atoms with van der Waals surface area (Å²) in [6.45, 7) is 1.43. The van der Waals surface area contributed by atoms with Gasteiger partial charge in [-0.1, -0.05) is 0 Å². The van der Waals surface area contributed by atoms with E-state index in [9.17, 15) is 18.4 Å². The van der Waals surface area contributed by atoms with Crippen LogP contribution in [0.5, 0.6) is 0 Å². The maximum atomic E-state index is 12.5. The van der Waals surface area contributed by atoms with Crippen LogP contribution in [0.25, 0.3) is 0 Å². The number of alkyl halides is 2. The normalized spacial score (nSPS) is 12.6. The second-order valence-corrected chi connectivity index (χ2v) is 3.35. The number of hydrogen-bond acceptors (Lipinski definition) is 3. The molecule has 0 aromatic heterocycles. The first-order valence-corrected chi connectivity index (χ1v) is 3.76. The van der Waals surface area contributed by atoms with Crippen LogP contribution >= 0.6 is 0 Å². The fourth-order valence-electron chi connectivity index (χ4n) is 0.495. The molecular formula is C7H12F2N2O3. The Morgan fingerprint density at radius 2 is 1.86 bits per heavy atom. The number of carboxylic acids is 1. The molecule has 82 valence electrons. The molecule has 1 amide bonds. The average Bonchev–Trinajstić information content (AvgIpc) is 2.01. The first-order chi connectivity index (χ1) is 6.09. The highest BCUT2D eigenvalue weighted by Gasteiger charge is 2.40. The molecule has 0 spiro atoms. The number of nitrogens with one attached hydrogen (secondary N) is 1. The number of nitrogens with two attached hydrogens (primary N) is 1. The number of rotatable bonds is 5. The zero-order valence-electron chi connectivity index (χ0n) is 7.80. The molecule has 0 rings (SSSR count). The molecule has 0 radical (unpaired) electrons. The van der Waals surface area contributed by atoms with Crippen molar-refractivity contribution in [2.45, 2.75) is 25.3 Å². The third-order valence-corrected chi connectivity index (χ3v) is 1.68. The Balaban J connectivity index is 4.32. The number of carbonyl (C=O) groups is 2. The Hall–Kier alpha value is -1.24. The monoisotopic (exact) mass is 210 g/mol. The van der Waals surface area contributed by atoms with Crippen molar-refractivity contribution in [2.24, 2.45) is 5.73 Å². The highest BCUT2D eigenvalue weighted by atomic mass is 19.3. The minimum atomic E-state index is -3.91. The molecule has 0 bridgehead atoms. The topological polar surface area (TPSA) is 92.4 Å². The fraction of sp³-hybridized carbons (Fsp3) is 0.714. The van der Waals surface area contributed by atoms with Crippen LogP contribution in [0, 0.1) is 0 Å². The summed E-state index contributed by atoms with van der Waals surface area (Å²) in [5.74, 6) is -6.99. The molecule has 5 nitrogen and oxygen atoms in total. The van der Waals surface area contributed by atoms with Crippen molar-refractivity contribution in [3.05, 3.63) is 0 Å². The molecule has 0 unspecified atom stereocenters. The van der Waals surface area contributed by atoms with Crippen molar-refractivity contribution in [3.63, 3.8) is 0 Å². The van der Waals surface area contributed by atoms with Crippen LogP contribution in [0.3, 0.4) is 0 Å². The lowest BCUT2D eigenvalue weighted by molar-refractivity contribution is -0.164. The average molecular weight is 210 g/mol. The van der Waals surface area contributed by atoms with Gasteiger partial charge in [0.15, 0.2) is 0 Å². The summed E-state index contributed by atoms with van der Waals surface area (Å²) < 4.78 is 25.1. The van der Waals surface area contributed by atoms with Crippen LogP contribution in [-0.2, 0) is 9.59 Å². The van der Waals surface area contributed by atoms with Gasteiger partial charge in [0, 0.05) is 0 Å². The van der Waals surface area contributed by atoms with E-state index < -0.39 is 29.9 Å². The number of hydrogen-bond donors (Lipinski definition) is 3. The molecule has 0 saturated carbocycles. The van der Waals surface area contributed by atoms with Crippen LogP contribution in [0.1, 0.15) is 13.8 Å². The van der Waals surface area contributed by atoms with Crippen LogP contribution in [0.4, 0.5) is 8.78 Å². The molecule has 0 saturated heterocycles. The first-order valence-electron chi connectivity index (χ1n) is 3.76. The van der Waals surface area contributed by atoms with Crippen LogP contribution < -0.4 is 11.1 Å². The maximum absolute atomic E-state index is 12.5. The molecule has 0 aliphatic rings. The van der Waals surface area contributed by atoms with E-state index in [0.717, 1.165) is 0 Å². The SMILES string of the molecule is CC(C)(NCC(F)(F)C(=O)O)C(N)=O. The second kappa shape index (κ2) is 3.87. The molecule has 7 heteroatoms. The zero-order valence-corrected chi connectivity index (χ0v) is 7.80. The van der Waals surface area contributed by atoms with Gasteiger partial charge in [-0.3, -0.25) is 10.1 Å². The van der Waals surface area contributed by atoms with Crippen LogP contribution in [-0.4, -0.2) is 35.0 Å². The van der Waals surface area contributed by atoms with Gasteiger partial charge in [-0.25, -0.2) is 4.79 Å². The van der Waals surface area contributed by atoms with Gasteiger partial charge >= 0.3 is 11.9 Å². The molecular weight excluding hydrogens is 198 g/mol. The Kier molecular flexibility index (Phi) is 3.53. The van der Waals surface area contributed by atoms with Crippen LogP contribution in [0.15, 0.2) is 0 Å². The van der Waals surface area contributed by atoms with Crippen molar-refractivity contribution in [1.82, 2.24) is 5.32 Å². The molecule has 0 aromatic rings. The quantitative estimate of drug-likeness (QED) is 0.573. The lowest BCUT2D eigenvalue weighted by Crippen LogP contribution is -2.55. The third-order valence-electron chi connectivity index (χ3n) is 1.68. The predicted octanol–water partition coefficient (Wildman–Crippen LogP) is -0.440. The van der Waals surface area contributed by atoms with E-state index in [-0.39, 0.29) is 0 Å². The Labute approximate surface area is 79.3 Å². The van der Waals surface area contributed by atoms with E-state index >= 15 is 0 Å². The molecule has 0 heterocycles. The van der Waals surface area contributed by atoms with Gasteiger partial charge < -0.3 is 10.8 Å². The van der Waals surface area contributed by atoms with Crippen LogP contribution in [0.2, 0.25) is 0 Å². The number of amides is 1. The van der Waals surface area contributed by atoms with Gasteiger partial charge in [-0.05, 0) is 13.8 Å². The molecule has 0 atom stereocenters. The van der Waals surface area contributed by atoms with E-state index in [1.165, 1.54) is 13.8 Å². The molecule has 0 fully saturated rings. The number of aliphatic carboxylic acids is 1. The first kappa shape index (κ1) is 12.8. The van der Waals surface area contributed by atoms with Gasteiger partial charge in [0.2, 0.25) is 5.91 Å². The molecule has 0 aromatic carbocycles. The van der Waals surface area contributed by atoms with Crippen molar-refractivity contribution in [3.8, 4) is 0 Å². The standard InChI is InChI=1S/C7H12F2N2O3/c1-6(2,4(10)12)11-3-7(8,9)5(13)14/h11H,3H2,1-2H3,(H2,10,12)(H,13,14). The summed E-state index contributed by atoms with van der Waals surface area (Å²) in [6.07, 6.45) is 0. The van der Waals surface area contributed by atoms with Crippen molar-refractivity contribution in [1.29, 1.82) is 0 Å². The summed E-state index contributed by atoms with van der Waals surface area (Å²) in [6, 6.07) is 0. The number of carboxylic acid groups (broad SMARTS) is 1. The molecule has 14 heavy (non-hydrogen) atoms. The highest BCUT2D eigenvalue weighted by molar-refractivity contribution is 5.83. The van der Waals surface area contributed by atoms with Crippen molar-refractivity contribution in [2.75, 3.05) is 6.54 Å².